The Labute approximate surface area is 194 Å². The smallest absolute Gasteiger partial charge is 0.245 e. The molecule has 6 heteroatoms. The summed E-state index contributed by atoms with van der Waals surface area (Å²) < 4.78 is 5.20. The van der Waals surface area contributed by atoms with Gasteiger partial charge in [0.2, 0.25) is 11.8 Å². The van der Waals surface area contributed by atoms with Crippen LogP contribution >= 0.6 is 0 Å². The van der Waals surface area contributed by atoms with E-state index < -0.39 is 6.04 Å². The molecule has 0 unspecified atom stereocenters. The Morgan fingerprint density at radius 3 is 2.21 bits per heavy atom. The maximum atomic E-state index is 13.2. The number of pyridine rings is 1. The van der Waals surface area contributed by atoms with Crippen molar-refractivity contribution >= 4 is 11.8 Å². The van der Waals surface area contributed by atoms with E-state index in [0.717, 1.165) is 28.0 Å². The summed E-state index contributed by atoms with van der Waals surface area (Å²) in [5, 5.41) is 0. The van der Waals surface area contributed by atoms with Crippen LogP contribution in [0, 0.1) is 0 Å². The van der Waals surface area contributed by atoms with E-state index in [4.69, 9.17) is 4.74 Å². The van der Waals surface area contributed by atoms with Crippen molar-refractivity contribution in [1.29, 1.82) is 0 Å². The second kappa shape index (κ2) is 10.3. The number of aromatic nitrogens is 1. The highest BCUT2D eigenvalue weighted by atomic mass is 16.5. The summed E-state index contributed by atoms with van der Waals surface area (Å²) in [5.41, 5.74) is 4.13. The minimum Gasteiger partial charge on any atom is -0.497 e. The molecule has 0 saturated carbocycles. The Balaban J connectivity index is 1.51. The second-order valence-electron chi connectivity index (χ2n) is 8.18. The standard InChI is InChI=1S/C27H29N3O3/c1-3-29-16-17-30(26(31)19-21-6-10-24(33-2)11-7-21)25(27(29)32)18-20-4-8-22(9-5-20)23-12-14-28-15-13-23/h4-15,25H,3,16-19H2,1-2H3/t25-/m1/s1. The molecule has 2 aromatic carbocycles. The lowest BCUT2D eigenvalue weighted by atomic mass is 9.98. The van der Waals surface area contributed by atoms with Crippen LogP contribution in [0.5, 0.6) is 5.75 Å². The number of carbonyl (C=O) groups excluding carboxylic acids is 2. The molecule has 1 aliphatic rings. The van der Waals surface area contributed by atoms with E-state index in [-0.39, 0.29) is 18.2 Å². The lowest BCUT2D eigenvalue weighted by Crippen LogP contribution is -2.59. The fourth-order valence-electron chi connectivity index (χ4n) is 4.27. The van der Waals surface area contributed by atoms with Crippen molar-refractivity contribution < 1.29 is 14.3 Å². The topological polar surface area (TPSA) is 62.7 Å². The lowest BCUT2D eigenvalue weighted by Gasteiger charge is -2.40. The normalized spacial score (nSPS) is 16.1. The SMILES string of the molecule is CCN1CCN(C(=O)Cc2ccc(OC)cc2)[C@H](Cc2ccc(-c3ccncc3)cc2)C1=O. The molecule has 1 aromatic heterocycles. The highest BCUT2D eigenvalue weighted by Gasteiger charge is 2.36. The molecule has 33 heavy (non-hydrogen) atoms. The minimum absolute atomic E-state index is 0.0186. The average molecular weight is 444 g/mol. The van der Waals surface area contributed by atoms with E-state index in [9.17, 15) is 9.59 Å². The van der Waals surface area contributed by atoms with Gasteiger partial charge in [0.1, 0.15) is 11.8 Å². The average Bonchev–Trinajstić information content (AvgIpc) is 2.86. The van der Waals surface area contributed by atoms with Gasteiger partial charge in [0, 0.05) is 38.4 Å². The first kappa shape index (κ1) is 22.5. The Morgan fingerprint density at radius 1 is 0.939 bits per heavy atom. The van der Waals surface area contributed by atoms with Gasteiger partial charge in [-0.25, -0.2) is 0 Å². The van der Waals surface area contributed by atoms with Crippen LogP contribution in [0.2, 0.25) is 0 Å². The number of piperazine rings is 1. The summed E-state index contributed by atoms with van der Waals surface area (Å²) >= 11 is 0. The van der Waals surface area contributed by atoms with Crippen molar-refractivity contribution in [2.24, 2.45) is 0 Å². The fourth-order valence-corrected chi connectivity index (χ4v) is 4.27. The minimum atomic E-state index is -0.490. The monoisotopic (exact) mass is 443 g/mol. The molecule has 0 N–H and O–H groups in total. The highest BCUT2D eigenvalue weighted by molar-refractivity contribution is 5.90. The zero-order valence-corrected chi connectivity index (χ0v) is 19.1. The van der Waals surface area contributed by atoms with E-state index in [1.54, 1.807) is 24.4 Å². The van der Waals surface area contributed by atoms with Crippen molar-refractivity contribution in [2.45, 2.75) is 25.8 Å². The van der Waals surface area contributed by atoms with Crippen LogP contribution in [0.15, 0.2) is 73.1 Å². The summed E-state index contributed by atoms with van der Waals surface area (Å²) in [6.07, 6.45) is 4.31. The highest BCUT2D eigenvalue weighted by Crippen LogP contribution is 2.22. The first-order valence-electron chi connectivity index (χ1n) is 11.3. The predicted octanol–water partition coefficient (Wildman–Crippen LogP) is 3.60. The van der Waals surface area contributed by atoms with E-state index in [1.165, 1.54) is 0 Å². The number of amides is 2. The van der Waals surface area contributed by atoms with Gasteiger partial charge in [0.25, 0.3) is 0 Å². The van der Waals surface area contributed by atoms with Crippen LogP contribution in [-0.2, 0) is 22.4 Å². The summed E-state index contributed by atoms with van der Waals surface area (Å²) in [5.74, 6) is 0.749. The van der Waals surface area contributed by atoms with E-state index in [2.05, 4.69) is 17.1 Å². The molecular formula is C27H29N3O3. The number of nitrogens with zero attached hydrogens (tertiary/aromatic N) is 3. The third kappa shape index (κ3) is 5.22. The van der Waals surface area contributed by atoms with Crippen LogP contribution < -0.4 is 4.74 Å². The molecule has 0 aliphatic carbocycles. The molecule has 1 saturated heterocycles. The van der Waals surface area contributed by atoms with Gasteiger partial charge in [-0.15, -0.1) is 0 Å². The third-order valence-electron chi connectivity index (χ3n) is 6.20. The zero-order chi connectivity index (χ0) is 23.2. The van der Waals surface area contributed by atoms with Crippen molar-refractivity contribution in [3.05, 3.63) is 84.2 Å². The molecule has 1 fully saturated rings. The molecule has 170 valence electrons. The molecule has 1 aliphatic heterocycles. The van der Waals surface area contributed by atoms with Crippen LogP contribution in [0.4, 0.5) is 0 Å². The van der Waals surface area contributed by atoms with Gasteiger partial charge in [-0.05, 0) is 53.4 Å². The van der Waals surface area contributed by atoms with E-state index in [1.807, 2.05) is 60.4 Å². The quantitative estimate of drug-likeness (QED) is 0.560. The van der Waals surface area contributed by atoms with E-state index >= 15 is 0 Å². The van der Waals surface area contributed by atoms with E-state index in [0.29, 0.717) is 26.1 Å². The third-order valence-corrected chi connectivity index (χ3v) is 6.20. The maximum absolute atomic E-state index is 13.2. The molecule has 2 amide bonds. The summed E-state index contributed by atoms with van der Waals surface area (Å²) in [6.45, 7) is 3.75. The zero-order valence-electron chi connectivity index (χ0n) is 19.1. The van der Waals surface area contributed by atoms with Gasteiger partial charge >= 0.3 is 0 Å². The summed E-state index contributed by atoms with van der Waals surface area (Å²) in [4.78, 5) is 34.1. The number of hydrogen-bond donors (Lipinski definition) is 0. The molecule has 6 nitrogen and oxygen atoms in total. The molecule has 1 atom stereocenters. The molecule has 0 spiro atoms. The van der Waals surface area contributed by atoms with Crippen molar-refractivity contribution in [1.82, 2.24) is 14.8 Å². The Bertz CT molecular complexity index is 1080. The summed E-state index contributed by atoms with van der Waals surface area (Å²) in [6, 6.07) is 19.1. The largest absolute Gasteiger partial charge is 0.497 e. The molecule has 3 aromatic rings. The van der Waals surface area contributed by atoms with Crippen LogP contribution in [0.1, 0.15) is 18.1 Å². The first-order valence-corrected chi connectivity index (χ1v) is 11.3. The fraction of sp³-hybridized carbons (Fsp3) is 0.296. The van der Waals surface area contributed by atoms with Gasteiger partial charge < -0.3 is 14.5 Å². The molecule has 2 heterocycles. The van der Waals surface area contributed by atoms with Gasteiger partial charge in [-0.3, -0.25) is 14.6 Å². The molecular weight excluding hydrogens is 414 g/mol. The maximum Gasteiger partial charge on any atom is 0.245 e. The number of ether oxygens (including phenoxy) is 1. The van der Waals surface area contributed by atoms with Gasteiger partial charge in [0.15, 0.2) is 0 Å². The molecule has 0 radical (unpaired) electrons. The van der Waals surface area contributed by atoms with Crippen LogP contribution in [0.3, 0.4) is 0 Å². The number of rotatable bonds is 7. The lowest BCUT2D eigenvalue weighted by molar-refractivity contribution is -0.150. The number of hydrogen-bond acceptors (Lipinski definition) is 4. The number of methoxy groups -OCH3 is 1. The Kier molecular flexibility index (Phi) is 7.03. The second-order valence-corrected chi connectivity index (χ2v) is 8.18. The van der Waals surface area contributed by atoms with Crippen molar-refractivity contribution in [3.8, 4) is 16.9 Å². The van der Waals surface area contributed by atoms with Crippen molar-refractivity contribution in [3.63, 3.8) is 0 Å². The van der Waals surface area contributed by atoms with Gasteiger partial charge in [-0.2, -0.15) is 0 Å². The number of carbonyl (C=O) groups is 2. The molecule has 0 bridgehead atoms. The number of likely N-dealkylation sites (N-methyl/N-ethyl adjacent to an activating group) is 1. The van der Waals surface area contributed by atoms with Crippen molar-refractivity contribution in [2.75, 3.05) is 26.7 Å². The first-order chi connectivity index (χ1) is 16.1. The van der Waals surface area contributed by atoms with Crippen LogP contribution in [-0.4, -0.2) is 59.4 Å². The van der Waals surface area contributed by atoms with Gasteiger partial charge in [0.05, 0.1) is 13.5 Å². The summed E-state index contributed by atoms with van der Waals surface area (Å²) in [7, 11) is 1.62. The van der Waals surface area contributed by atoms with Crippen LogP contribution in [0.25, 0.3) is 11.1 Å². The van der Waals surface area contributed by atoms with Gasteiger partial charge in [-0.1, -0.05) is 36.4 Å². The Morgan fingerprint density at radius 2 is 1.58 bits per heavy atom. The Hall–Kier alpha value is -3.67. The number of benzene rings is 2. The molecule has 4 rings (SSSR count). The predicted molar refractivity (Wildman–Crippen MR) is 128 cm³/mol.